The lowest BCUT2D eigenvalue weighted by Gasteiger charge is -2.09. The van der Waals surface area contributed by atoms with E-state index >= 15 is 0 Å². The van der Waals surface area contributed by atoms with E-state index in [-0.39, 0.29) is 10.7 Å². The van der Waals surface area contributed by atoms with Crippen LogP contribution in [0.25, 0.3) is 0 Å². The molecule has 0 radical (unpaired) electrons. The number of nitrogens with zero attached hydrogens (tertiary/aromatic N) is 2. The van der Waals surface area contributed by atoms with Gasteiger partial charge in [-0.2, -0.15) is 0 Å². The highest BCUT2D eigenvalue weighted by atomic mass is 35.5. The Kier molecular flexibility index (Phi) is 5.15. The minimum Gasteiger partial charge on any atom is -0.366 e. The first-order chi connectivity index (χ1) is 12.3. The number of sulfonamides is 1. The Balaban J connectivity index is 1.67. The smallest absolute Gasteiger partial charge is 0.267 e. The maximum Gasteiger partial charge on any atom is 0.267 e. The summed E-state index contributed by atoms with van der Waals surface area (Å²) in [4.78, 5) is 4.26. The van der Waals surface area contributed by atoms with Crippen LogP contribution >= 0.6 is 11.6 Å². The Morgan fingerprint density at radius 3 is 2.42 bits per heavy atom. The number of anilines is 2. The molecule has 0 aliphatic rings. The minimum atomic E-state index is -3.78. The molecule has 0 amide bonds. The van der Waals surface area contributed by atoms with Crippen molar-refractivity contribution in [2.24, 2.45) is 0 Å². The second kappa shape index (κ2) is 7.35. The van der Waals surface area contributed by atoms with Crippen LogP contribution in [0.1, 0.15) is 17.0 Å². The van der Waals surface area contributed by atoms with Gasteiger partial charge in [-0.25, -0.2) is 13.4 Å². The molecule has 0 fully saturated rings. The summed E-state index contributed by atoms with van der Waals surface area (Å²) in [7, 11) is -3.78. The Bertz CT molecular complexity index is 980. The number of hydrogen-bond acceptors (Lipinski definition) is 6. The van der Waals surface area contributed by atoms with Gasteiger partial charge in [0, 0.05) is 11.6 Å². The summed E-state index contributed by atoms with van der Waals surface area (Å²) in [6.45, 7) is 3.71. The number of aromatic nitrogens is 2. The van der Waals surface area contributed by atoms with Crippen LogP contribution in [-0.2, 0) is 16.6 Å². The molecule has 2 heterocycles. The van der Waals surface area contributed by atoms with Gasteiger partial charge in [-0.05, 0) is 43.7 Å². The number of halogens is 1. The predicted molar refractivity (Wildman–Crippen MR) is 99.8 cm³/mol. The molecule has 136 valence electrons. The van der Waals surface area contributed by atoms with E-state index in [0.717, 1.165) is 5.56 Å². The number of benzene rings is 1. The summed E-state index contributed by atoms with van der Waals surface area (Å²) in [5.74, 6) is 0.865. The topological polar surface area (TPSA) is 97.1 Å². The van der Waals surface area contributed by atoms with Crippen molar-refractivity contribution >= 4 is 33.1 Å². The summed E-state index contributed by atoms with van der Waals surface area (Å²) < 4.78 is 32.3. The van der Waals surface area contributed by atoms with Crippen LogP contribution in [0.15, 0.2) is 52.0 Å². The predicted octanol–water partition coefficient (Wildman–Crippen LogP) is 3.75. The number of hydrogen-bond donors (Lipinski definition) is 2. The zero-order valence-corrected chi connectivity index (χ0v) is 15.7. The van der Waals surface area contributed by atoms with Gasteiger partial charge in [-0.3, -0.25) is 4.72 Å². The van der Waals surface area contributed by atoms with Gasteiger partial charge in [0.05, 0.1) is 11.9 Å². The van der Waals surface area contributed by atoms with E-state index in [1.165, 1.54) is 6.20 Å². The third kappa shape index (κ3) is 4.14. The van der Waals surface area contributed by atoms with Crippen LogP contribution < -0.4 is 10.0 Å². The van der Waals surface area contributed by atoms with E-state index in [2.05, 4.69) is 20.2 Å². The Hall–Kier alpha value is -2.58. The normalized spacial score (nSPS) is 11.3. The summed E-state index contributed by atoms with van der Waals surface area (Å²) in [5, 5.41) is 7.51. The molecule has 1 aromatic carbocycles. The summed E-state index contributed by atoms with van der Waals surface area (Å²) in [5.41, 5.74) is 1.71. The highest BCUT2D eigenvalue weighted by Crippen LogP contribution is 2.22. The zero-order valence-electron chi connectivity index (χ0n) is 14.2. The van der Waals surface area contributed by atoms with Crippen LogP contribution in [0, 0.1) is 13.8 Å². The molecule has 3 rings (SSSR count). The lowest BCUT2D eigenvalue weighted by molar-refractivity contribution is 0.390. The maximum atomic E-state index is 12.5. The van der Waals surface area contributed by atoms with Gasteiger partial charge in [-0.1, -0.05) is 28.9 Å². The summed E-state index contributed by atoms with van der Waals surface area (Å²) in [6, 6.07) is 10.8. The Labute approximate surface area is 156 Å². The SMILES string of the molecule is Cc1noc(C)c1S(=O)(=O)Nc1ccc(NCc2ccc(Cl)cc2)nc1. The molecule has 3 aromatic rings. The van der Waals surface area contributed by atoms with E-state index in [9.17, 15) is 8.42 Å². The molecule has 0 bridgehead atoms. The van der Waals surface area contributed by atoms with Crippen molar-refractivity contribution < 1.29 is 12.9 Å². The first-order valence-electron chi connectivity index (χ1n) is 7.75. The second-order valence-corrected chi connectivity index (χ2v) is 7.73. The first kappa shape index (κ1) is 18.2. The molecule has 7 nitrogen and oxygen atoms in total. The quantitative estimate of drug-likeness (QED) is 0.663. The van der Waals surface area contributed by atoms with E-state index in [1.54, 1.807) is 26.0 Å². The van der Waals surface area contributed by atoms with Crippen molar-refractivity contribution in [1.29, 1.82) is 0 Å². The number of rotatable bonds is 6. The molecular weight excluding hydrogens is 376 g/mol. The Morgan fingerprint density at radius 1 is 1.12 bits per heavy atom. The van der Waals surface area contributed by atoms with Crippen molar-refractivity contribution in [3.63, 3.8) is 0 Å². The third-order valence-corrected chi connectivity index (χ3v) is 5.52. The summed E-state index contributed by atoms with van der Waals surface area (Å²) in [6.07, 6.45) is 1.44. The van der Waals surface area contributed by atoms with Gasteiger partial charge < -0.3 is 9.84 Å². The highest BCUT2D eigenvalue weighted by molar-refractivity contribution is 7.92. The Morgan fingerprint density at radius 2 is 1.85 bits per heavy atom. The van der Waals surface area contributed by atoms with E-state index in [0.29, 0.717) is 28.8 Å². The van der Waals surface area contributed by atoms with Crippen molar-refractivity contribution in [2.75, 3.05) is 10.0 Å². The number of aryl methyl sites for hydroxylation is 2. The molecule has 0 saturated heterocycles. The lowest BCUT2D eigenvalue weighted by Crippen LogP contribution is -2.14. The van der Waals surface area contributed by atoms with Gasteiger partial charge in [-0.15, -0.1) is 0 Å². The third-order valence-electron chi connectivity index (χ3n) is 3.64. The lowest BCUT2D eigenvalue weighted by atomic mass is 10.2. The largest absolute Gasteiger partial charge is 0.366 e. The van der Waals surface area contributed by atoms with Crippen molar-refractivity contribution in [2.45, 2.75) is 25.3 Å². The molecule has 0 aliphatic heterocycles. The molecule has 0 aliphatic carbocycles. The van der Waals surface area contributed by atoms with Crippen LogP contribution in [0.5, 0.6) is 0 Å². The average molecular weight is 393 g/mol. The summed E-state index contributed by atoms with van der Waals surface area (Å²) >= 11 is 5.86. The molecule has 0 spiro atoms. The van der Waals surface area contributed by atoms with Gasteiger partial charge in [0.15, 0.2) is 10.7 Å². The van der Waals surface area contributed by atoms with Crippen LogP contribution in [0.4, 0.5) is 11.5 Å². The minimum absolute atomic E-state index is 0.0439. The molecule has 0 unspecified atom stereocenters. The average Bonchev–Trinajstić information content (AvgIpc) is 2.95. The van der Waals surface area contributed by atoms with Crippen LogP contribution in [0.2, 0.25) is 5.02 Å². The fraction of sp³-hybridized carbons (Fsp3) is 0.176. The van der Waals surface area contributed by atoms with Crippen LogP contribution in [-0.4, -0.2) is 18.6 Å². The zero-order chi connectivity index (χ0) is 18.7. The second-order valence-electron chi connectivity index (χ2n) is 5.67. The van der Waals surface area contributed by atoms with E-state index in [4.69, 9.17) is 16.1 Å². The maximum absolute atomic E-state index is 12.5. The molecule has 2 aromatic heterocycles. The number of pyridine rings is 1. The van der Waals surface area contributed by atoms with Crippen molar-refractivity contribution in [3.05, 3.63) is 64.6 Å². The molecule has 9 heteroatoms. The van der Waals surface area contributed by atoms with Gasteiger partial charge in [0.2, 0.25) is 0 Å². The van der Waals surface area contributed by atoms with Gasteiger partial charge >= 0.3 is 0 Å². The van der Waals surface area contributed by atoms with Gasteiger partial charge in [0.25, 0.3) is 10.0 Å². The molecule has 2 N–H and O–H groups in total. The molecule has 26 heavy (non-hydrogen) atoms. The fourth-order valence-corrected chi connectivity index (χ4v) is 3.92. The fourth-order valence-electron chi connectivity index (χ4n) is 2.42. The van der Waals surface area contributed by atoms with E-state index in [1.807, 2.05) is 24.3 Å². The van der Waals surface area contributed by atoms with Crippen molar-refractivity contribution in [1.82, 2.24) is 10.1 Å². The molecule has 0 atom stereocenters. The molecular formula is C17H17ClN4O3S. The molecule has 0 saturated carbocycles. The van der Waals surface area contributed by atoms with Crippen LogP contribution in [0.3, 0.4) is 0 Å². The van der Waals surface area contributed by atoms with Gasteiger partial charge in [0.1, 0.15) is 11.5 Å². The van der Waals surface area contributed by atoms with Crippen molar-refractivity contribution in [3.8, 4) is 0 Å². The standard InChI is InChI=1S/C17H17ClN4O3S/c1-11-17(12(2)25-21-11)26(23,24)22-15-7-8-16(20-10-15)19-9-13-3-5-14(18)6-4-13/h3-8,10,22H,9H2,1-2H3,(H,19,20). The monoisotopic (exact) mass is 392 g/mol. The highest BCUT2D eigenvalue weighted by Gasteiger charge is 2.24. The first-order valence-corrected chi connectivity index (χ1v) is 9.61. The van der Waals surface area contributed by atoms with E-state index < -0.39 is 10.0 Å². The number of nitrogens with one attached hydrogen (secondary N) is 2.